The Hall–Kier alpha value is -0.250. The number of nitrogens with two attached hydrogens (primary N) is 2. The lowest BCUT2D eigenvalue weighted by Gasteiger charge is -2.25. The van der Waals surface area contributed by atoms with Crippen LogP contribution in [0.25, 0.3) is 0 Å². The molecule has 0 radical (unpaired) electrons. The summed E-state index contributed by atoms with van der Waals surface area (Å²) in [7, 11) is -4.11. The fraction of sp³-hybridized carbons (Fsp3) is 0.500. The van der Waals surface area contributed by atoms with Crippen LogP contribution in [0.15, 0.2) is 27.7 Å². The second-order valence-electron chi connectivity index (χ2n) is 9.80. The Morgan fingerprint density at radius 2 is 0.784 bits per heavy atom. The van der Waals surface area contributed by atoms with E-state index in [1.165, 1.54) is 0 Å². The number of halogens is 4. The van der Waals surface area contributed by atoms with Gasteiger partial charge in [0.05, 0.1) is 72.0 Å². The molecule has 2 aromatic carbocycles. The van der Waals surface area contributed by atoms with Crippen LogP contribution in [0.3, 0.4) is 0 Å². The van der Waals surface area contributed by atoms with Crippen LogP contribution in [-0.4, -0.2) is 59.3 Å². The minimum atomic E-state index is -4.11. The third-order valence-corrected chi connectivity index (χ3v) is 12.7. The zero-order valence-electron chi connectivity index (χ0n) is 19.5. The summed E-state index contributed by atoms with van der Waals surface area (Å²) in [6.45, 7) is 2.32. The standard InChI is InChI=1S/C24H24Br4N2O6S/c25-17-13(1-9-5-33-9)23(14(2-10-6-34-10)18(26)21(17)29)37(31,32)24-15(3-11-7-35-11)19(27)22(30)20(28)16(24)4-12-8-36-12/h9-12H,1-8,29-30H2. The van der Waals surface area contributed by atoms with E-state index in [9.17, 15) is 0 Å². The zero-order valence-corrected chi connectivity index (χ0v) is 26.7. The van der Waals surface area contributed by atoms with Gasteiger partial charge in [-0.05, 0) is 86.0 Å². The van der Waals surface area contributed by atoms with E-state index < -0.39 is 9.84 Å². The van der Waals surface area contributed by atoms with Crippen LogP contribution in [0.4, 0.5) is 11.4 Å². The third-order valence-electron chi connectivity index (χ3n) is 6.98. The van der Waals surface area contributed by atoms with Crippen LogP contribution in [0, 0.1) is 0 Å². The van der Waals surface area contributed by atoms with Crippen molar-refractivity contribution in [1.82, 2.24) is 0 Å². The molecule has 4 atom stereocenters. The Balaban J connectivity index is 1.64. The van der Waals surface area contributed by atoms with Crippen molar-refractivity contribution in [2.24, 2.45) is 0 Å². The van der Waals surface area contributed by atoms with Gasteiger partial charge in [-0.15, -0.1) is 0 Å². The van der Waals surface area contributed by atoms with Gasteiger partial charge in [-0.3, -0.25) is 0 Å². The minimum Gasteiger partial charge on any atom is -0.397 e. The Kier molecular flexibility index (Phi) is 7.27. The number of benzene rings is 2. The number of anilines is 2. The molecule has 0 bridgehead atoms. The van der Waals surface area contributed by atoms with Crippen molar-refractivity contribution in [1.29, 1.82) is 0 Å². The van der Waals surface area contributed by atoms with Crippen molar-refractivity contribution in [2.45, 2.75) is 59.9 Å². The van der Waals surface area contributed by atoms with Crippen molar-refractivity contribution in [2.75, 3.05) is 37.9 Å². The van der Waals surface area contributed by atoms with Gasteiger partial charge in [0, 0.05) is 43.6 Å². The van der Waals surface area contributed by atoms with E-state index in [2.05, 4.69) is 63.7 Å². The van der Waals surface area contributed by atoms with Crippen LogP contribution >= 0.6 is 63.7 Å². The fourth-order valence-electron chi connectivity index (χ4n) is 4.74. The van der Waals surface area contributed by atoms with Crippen molar-refractivity contribution < 1.29 is 27.4 Å². The molecular weight excluding hydrogens is 764 g/mol. The van der Waals surface area contributed by atoms with Crippen LogP contribution < -0.4 is 11.5 Å². The average Bonchev–Trinajstić information content (AvgIpc) is 3.69. The quantitative estimate of drug-likeness (QED) is 0.266. The summed E-state index contributed by atoms with van der Waals surface area (Å²) in [6, 6.07) is 0. The monoisotopic (exact) mass is 784 g/mol. The fourth-order valence-corrected chi connectivity index (χ4v) is 10.3. The molecule has 4 saturated heterocycles. The smallest absolute Gasteiger partial charge is 0.207 e. The molecule has 4 N–H and O–H groups in total. The van der Waals surface area contributed by atoms with Gasteiger partial charge in [-0.2, -0.15) is 0 Å². The Bertz CT molecular complexity index is 1220. The molecule has 4 aliphatic rings. The third kappa shape index (κ3) is 5.29. The molecule has 4 unspecified atom stereocenters. The molecule has 0 spiro atoms. The number of ether oxygens (including phenoxy) is 4. The lowest BCUT2D eigenvalue weighted by Crippen LogP contribution is -2.20. The second kappa shape index (κ2) is 9.99. The summed E-state index contributed by atoms with van der Waals surface area (Å²) < 4.78 is 54.3. The molecule has 200 valence electrons. The molecule has 0 aromatic heterocycles. The van der Waals surface area contributed by atoms with Crippen LogP contribution in [0.5, 0.6) is 0 Å². The van der Waals surface area contributed by atoms with Crippen LogP contribution in [-0.2, 0) is 54.5 Å². The first-order chi connectivity index (χ1) is 17.6. The van der Waals surface area contributed by atoms with Gasteiger partial charge in [0.2, 0.25) is 9.84 Å². The van der Waals surface area contributed by atoms with Gasteiger partial charge >= 0.3 is 0 Å². The topological polar surface area (TPSA) is 136 Å². The number of sulfone groups is 1. The largest absolute Gasteiger partial charge is 0.397 e. The molecule has 0 saturated carbocycles. The molecule has 6 rings (SSSR count). The van der Waals surface area contributed by atoms with Crippen LogP contribution in [0.2, 0.25) is 0 Å². The summed E-state index contributed by atoms with van der Waals surface area (Å²) in [5.74, 6) is 0. The Morgan fingerprint density at radius 1 is 0.568 bits per heavy atom. The summed E-state index contributed by atoms with van der Waals surface area (Å²) >= 11 is 14.5. The van der Waals surface area contributed by atoms with Gasteiger partial charge in [0.1, 0.15) is 0 Å². The van der Waals surface area contributed by atoms with E-state index in [0.29, 0.717) is 104 Å². The number of nitrogen functional groups attached to an aromatic ring is 2. The highest BCUT2D eigenvalue weighted by atomic mass is 79.9. The molecule has 4 aliphatic heterocycles. The zero-order chi connectivity index (χ0) is 26.2. The number of hydrogen-bond donors (Lipinski definition) is 2. The van der Waals surface area contributed by atoms with E-state index in [0.717, 1.165) is 0 Å². The van der Waals surface area contributed by atoms with Gasteiger partial charge in [-0.1, -0.05) is 0 Å². The normalized spacial score (nSPS) is 25.8. The Morgan fingerprint density at radius 3 is 0.973 bits per heavy atom. The summed E-state index contributed by atoms with van der Waals surface area (Å²) in [4.78, 5) is 0.483. The molecule has 4 fully saturated rings. The lowest BCUT2D eigenvalue weighted by molar-refractivity contribution is 0.403. The average molecular weight is 788 g/mol. The predicted octanol–water partition coefficient (Wildman–Crippen LogP) is 4.50. The molecule has 8 nitrogen and oxygen atoms in total. The number of epoxide rings is 4. The van der Waals surface area contributed by atoms with Crippen molar-refractivity contribution in [3.63, 3.8) is 0 Å². The highest BCUT2D eigenvalue weighted by molar-refractivity contribution is 9.11. The van der Waals surface area contributed by atoms with Gasteiger partial charge < -0.3 is 30.4 Å². The van der Waals surface area contributed by atoms with E-state index in [1.807, 2.05) is 0 Å². The number of hydrogen-bond acceptors (Lipinski definition) is 8. The van der Waals surface area contributed by atoms with Gasteiger partial charge in [0.15, 0.2) is 0 Å². The van der Waals surface area contributed by atoms with E-state index >= 15 is 8.42 Å². The summed E-state index contributed by atoms with van der Waals surface area (Å²) in [5, 5.41) is 0. The first kappa shape index (κ1) is 26.9. The van der Waals surface area contributed by atoms with E-state index in [4.69, 9.17) is 30.4 Å². The van der Waals surface area contributed by atoms with Crippen molar-refractivity contribution >= 4 is 84.9 Å². The van der Waals surface area contributed by atoms with Crippen molar-refractivity contribution in [3.05, 3.63) is 40.1 Å². The molecule has 4 heterocycles. The minimum absolute atomic E-state index is 0.0561. The second-order valence-corrected chi connectivity index (χ2v) is 14.8. The lowest BCUT2D eigenvalue weighted by atomic mass is 10.0. The molecular formula is C24H24Br4N2O6S. The maximum absolute atomic E-state index is 15.0. The van der Waals surface area contributed by atoms with Crippen LogP contribution in [0.1, 0.15) is 22.3 Å². The first-order valence-electron chi connectivity index (χ1n) is 11.9. The molecule has 0 amide bonds. The van der Waals surface area contributed by atoms with Crippen molar-refractivity contribution in [3.8, 4) is 0 Å². The molecule has 2 aromatic rings. The predicted molar refractivity (Wildman–Crippen MR) is 152 cm³/mol. The maximum atomic E-state index is 15.0. The highest BCUT2D eigenvalue weighted by Crippen LogP contribution is 2.49. The summed E-state index contributed by atoms with van der Waals surface area (Å²) in [5.41, 5.74) is 16.3. The molecule has 37 heavy (non-hydrogen) atoms. The molecule has 0 aliphatic carbocycles. The Labute approximate surface area is 248 Å². The first-order valence-corrected chi connectivity index (χ1v) is 16.5. The summed E-state index contributed by atoms with van der Waals surface area (Å²) in [6.07, 6.45) is 1.46. The molecule has 13 heteroatoms. The number of rotatable bonds is 10. The highest BCUT2D eigenvalue weighted by Gasteiger charge is 2.41. The van der Waals surface area contributed by atoms with Gasteiger partial charge in [-0.25, -0.2) is 8.42 Å². The van der Waals surface area contributed by atoms with E-state index in [-0.39, 0.29) is 34.2 Å². The van der Waals surface area contributed by atoms with E-state index in [1.54, 1.807) is 0 Å². The SMILES string of the molecule is Nc1c(Br)c(CC2CO2)c(S(=O)(=O)c2c(CC3CO3)c(Br)c(N)c(Br)c2CC2CO2)c(CC2CO2)c1Br. The maximum Gasteiger partial charge on any atom is 0.207 e. The van der Waals surface area contributed by atoms with Gasteiger partial charge in [0.25, 0.3) is 0 Å².